The van der Waals surface area contributed by atoms with Gasteiger partial charge in [-0.1, -0.05) is 0 Å². The second kappa shape index (κ2) is 2.62. The fraction of sp³-hybridized carbons (Fsp3) is 0.750. The number of carbonyl (C=O) groups is 2. The number of carbonyl (C=O) groups excluding carboxylic acids is 2. The van der Waals surface area contributed by atoms with Gasteiger partial charge >= 0.3 is 0 Å². The average Bonchev–Trinajstić information content (AvgIpc) is 2.71. The lowest BCUT2D eigenvalue weighted by atomic mass is 9.80. The summed E-state index contributed by atoms with van der Waals surface area (Å²) in [6, 6.07) is 0. The molecule has 0 saturated carbocycles. The zero-order valence-corrected chi connectivity index (χ0v) is 8.46. The van der Waals surface area contributed by atoms with Gasteiger partial charge in [0.05, 0.1) is 34.8 Å². The molecule has 2 amide bonds. The third-order valence-electron chi connectivity index (χ3n) is 3.19. The van der Waals surface area contributed by atoms with E-state index in [1.165, 1.54) is 0 Å². The zero-order chi connectivity index (χ0) is 10.0. The van der Waals surface area contributed by atoms with Crippen LogP contribution in [0.1, 0.15) is 0 Å². The third-order valence-corrected chi connectivity index (χ3v) is 4.36. The van der Waals surface area contributed by atoms with Crippen LogP contribution in [0.4, 0.5) is 0 Å². The quantitative estimate of drug-likeness (QED) is 0.471. The van der Waals surface area contributed by atoms with Gasteiger partial charge in [0, 0.05) is 0 Å². The number of hydrogen-bond donors (Lipinski definition) is 1. The Hall–Kier alpha value is -0.320. The molecule has 0 spiro atoms. The van der Waals surface area contributed by atoms with Crippen LogP contribution in [-0.2, 0) is 14.3 Å². The summed E-state index contributed by atoms with van der Waals surface area (Å²) in [5.41, 5.74) is 0. The minimum atomic E-state index is -0.426. The van der Waals surface area contributed by atoms with Crippen LogP contribution in [0.25, 0.3) is 0 Å². The standard InChI is InChI=1S/C8H7Cl2NO3/c9-3-4(10)6-2-1(5(3)14-6)7(12)11-8(2)13/h1-6H,(H,11,12,13). The molecule has 3 aliphatic rings. The van der Waals surface area contributed by atoms with Crippen LogP contribution >= 0.6 is 23.2 Å². The Labute approximate surface area is 89.9 Å². The predicted molar refractivity (Wildman–Crippen MR) is 48.1 cm³/mol. The summed E-state index contributed by atoms with van der Waals surface area (Å²) in [6.07, 6.45) is -0.804. The van der Waals surface area contributed by atoms with Crippen molar-refractivity contribution in [3.05, 3.63) is 0 Å². The number of halogens is 2. The summed E-state index contributed by atoms with van der Waals surface area (Å²) in [5, 5.41) is 1.53. The van der Waals surface area contributed by atoms with E-state index in [0.717, 1.165) is 0 Å². The molecule has 3 heterocycles. The van der Waals surface area contributed by atoms with Crippen LogP contribution in [0.15, 0.2) is 0 Å². The van der Waals surface area contributed by atoms with Crippen LogP contribution in [0.2, 0.25) is 0 Å². The topological polar surface area (TPSA) is 55.4 Å². The number of hydrogen-bond acceptors (Lipinski definition) is 3. The molecule has 6 unspecified atom stereocenters. The van der Waals surface area contributed by atoms with Gasteiger partial charge in [-0.15, -0.1) is 23.2 Å². The van der Waals surface area contributed by atoms with Crippen molar-refractivity contribution in [1.82, 2.24) is 5.32 Å². The predicted octanol–water partition coefficient (Wildman–Crippen LogP) is -0.129. The number of amides is 2. The number of nitrogens with one attached hydrogen (secondary N) is 1. The summed E-state index contributed by atoms with van der Waals surface area (Å²) < 4.78 is 5.46. The number of fused-ring (bicyclic) bond motifs is 5. The van der Waals surface area contributed by atoms with Gasteiger partial charge in [0.2, 0.25) is 11.8 Å². The maximum atomic E-state index is 11.4. The maximum Gasteiger partial charge on any atom is 0.233 e. The summed E-state index contributed by atoms with van der Waals surface area (Å²) in [4.78, 5) is 22.8. The molecule has 0 aromatic carbocycles. The lowest BCUT2D eigenvalue weighted by molar-refractivity contribution is -0.128. The van der Waals surface area contributed by atoms with Crippen LogP contribution in [0, 0.1) is 11.8 Å². The molecule has 0 aromatic heterocycles. The fourth-order valence-electron chi connectivity index (χ4n) is 2.58. The highest BCUT2D eigenvalue weighted by molar-refractivity contribution is 6.31. The van der Waals surface area contributed by atoms with Gasteiger partial charge in [0.1, 0.15) is 0 Å². The molecule has 3 saturated heterocycles. The highest BCUT2D eigenvalue weighted by atomic mass is 35.5. The van der Waals surface area contributed by atoms with Crippen molar-refractivity contribution in [2.45, 2.75) is 23.0 Å². The Balaban J connectivity index is 2.01. The van der Waals surface area contributed by atoms with E-state index in [9.17, 15) is 9.59 Å². The Kier molecular flexibility index (Phi) is 1.68. The van der Waals surface area contributed by atoms with Gasteiger partial charge < -0.3 is 4.74 Å². The zero-order valence-electron chi connectivity index (χ0n) is 6.94. The summed E-state index contributed by atoms with van der Waals surface area (Å²) in [6.45, 7) is 0. The van der Waals surface area contributed by atoms with Crippen LogP contribution in [0.3, 0.4) is 0 Å². The molecule has 1 N–H and O–H groups in total. The lowest BCUT2D eigenvalue weighted by Crippen LogP contribution is -2.42. The van der Waals surface area contributed by atoms with Crippen molar-refractivity contribution in [1.29, 1.82) is 0 Å². The SMILES string of the molecule is O=C1NC(=O)C2C3OC(C(Cl)C3Cl)C12. The molecule has 0 radical (unpaired) electrons. The smallest absolute Gasteiger partial charge is 0.233 e. The van der Waals surface area contributed by atoms with Crippen molar-refractivity contribution >= 4 is 35.0 Å². The Morgan fingerprint density at radius 1 is 1.00 bits per heavy atom. The van der Waals surface area contributed by atoms with Crippen molar-refractivity contribution < 1.29 is 14.3 Å². The van der Waals surface area contributed by atoms with Crippen molar-refractivity contribution in [3.63, 3.8) is 0 Å². The van der Waals surface area contributed by atoms with E-state index in [0.29, 0.717) is 0 Å². The van der Waals surface area contributed by atoms with E-state index in [2.05, 4.69) is 5.32 Å². The minimum Gasteiger partial charge on any atom is -0.370 e. The van der Waals surface area contributed by atoms with Crippen molar-refractivity contribution in [3.8, 4) is 0 Å². The molecule has 6 heteroatoms. The maximum absolute atomic E-state index is 11.4. The van der Waals surface area contributed by atoms with Crippen molar-refractivity contribution in [2.75, 3.05) is 0 Å². The summed E-state index contributed by atoms with van der Waals surface area (Å²) in [5.74, 6) is -1.40. The molecular formula is C8H7Cl2NO3. The second-order valence-electron chi connectivity index (χ2n) is 3.86. The minimum absolute atomic E-state index is 0.276. The Morgan fingerprint density at radius 3 is 1.86 bits per heavy atom. The van der Waals surface area contributed by atoms with E-state index in [-0.39, 0.29) is 22.6 Å². The summed E-state index contributed by atoms with van der Waals surface area (Å²) >= 11 is 12.0. The Morgan fingerprint density at radius 2 is 1.43 bits per heavy atom. The largest absolute Gasteiger partial charge is 0.370 e. The van der Waals surface area contributed by atoms with Gasteiger partial charge in [-0.2, -0.15) is 0 Å². The van der Waals surface area contributed by atoms with Gasteiger partial charge in [-0.25, -0.2) is 0 Å². The lowest BCUT2D eigenvalue weighted by Gasteiger charge is -2.24. The van der Waals surface area contributed by atoms with E-state index >= 15 is 0 Å². The molecule has 76 valence electrons. The average molecular weight is 236 g/mol. The van der Waals surface area contributed by atoms with E-state index in [4.69, 9.17) is 27.9 Å². The van der Waals surface area contributed by atoms with Crippen LogP contribution in [-0.4, -0.2) is 34.8 Å². The highest BCUT2D eigenvalue weighted by Gasteiger charge is 2.66. The van der Waals surface area contributed by atoms with Gasteiger partial charge in [0.25, 0.3) is 0 Å². The van der Waals surface area contributed by atoms with Gasteiger partial charge in [-0.3, -0.25) is 14.9 Å². The molecule has 6 atom stereocenters. The molecule has 0 aromatic rings. The number of imide groups is 1. The fourth-order valence-corrected chi connectivity index (χ4v) is 3.30. The first-order chi connectivity index (χ1) is 6.61. The number of ether oxygens (including phenoxy) is 1. The van der Waals surface area contributed by atoms with E-state index in [1.807, 2.05) is 0 Å². The third kappa shape index (κ3) is 0.846. The molecular weight excluding hydrogens is 229 g/mol. The molecule has 2 bridgehead atoms. The molecule has 4 nitrogen and oxygen atoms in total. The molecule has 0 aliphatic carbocycles. The monoisotopic (exact) mass is 235 g/mol. The molecule has 3 aliphatic heterocycles. The second-order valence-corrected chi connectivity index (χ2v) is 4.87. The van der Waals surface area contributed by atoms with Crippen molar-refractivity contribution in [2.24, 2.45) is 11.8 Å². The number of alkyl halides is 2. The first-order valence-corrected chi connectivity index (χ1v) is 5.27. The first-order valence-electron chi connectivity index (χ1n) is 4.39. The van der Waals surface area contributed by atoms with E-state index in [1.54, 1.807) is 0 Å². The first kappa shape index (κ1) is 8.95. The van der Waals surface area contributed by atoms with Gasteiger partial charge in [0.15, 0.2) is 0 Å². The van der Waals surface area contributed by atoms with E-state index < -0.39 is 24.0 Å². The molecule has 14 heavy (non-hydrogen) atoms. The van der Waals surface area contributed by atoms with Gasteiger partial charge in [-0.05, 0) is 0 Å². The number of rotatable bonds is 0. The van der Waals surface area contributed by atoms with Crippen LogP contribution in [0.5, 0.6) is 0 Å². The molecule has 3 fully saturated rings. The van der Waals surface area contributed by atoms with Crippen LogP contribution < -0.4 is 5.32 Å². The summed E-state index contributed by atoms with van der Waals surface area (Å²) in [7, 11) is 0. The molecule has 3 rings (SSSR count). The Bertz CT molecular complexity index is 305. The highest BCUT2D eigenvalue weighted by Crippen LogP contribution is 2.49. The normalized spacial score (nSPS) is 55.0.